The fourth-order valence-corrected chi connectivity index (χ4v) is 1.45. The van der Waals surface area contributed by atoms with Crippen molar-refractivity contribution in [3.63, 3.8) is 0 Å². The molecule has 17 heavy (non-hydrogen) atoms. The molecule has 0 bridgehead atoms. The number of carbonyl (C=O) groups is 1. The van der Waals surface area contributed by atoms with Gasteiger partial charge in [-0.3, -0.25) is 4.79 Å². The van der Waals surface area contributed by atoms with Gasteiger partial charge in [-0.15, -0.1) is 0 Å². The van der Waals surface area contributed by atoms with Crippen molar-refractivity contribution >= 4 is 37.8 Å². The molecular formula is C11H10Br2FNO2. The first-order valence-corrected chi connectivity index (χ1v) is 6.25. The van der Waals surface area contributed by atoms with Crippen molar-refractivity contribution in [2.24, 2.45) is 0 Å². The van der Waals surface area contributed by atoms with Crippen LogP contribution < -0.4 is 10.1 Å². The minimum Gasteiger partial charge on any atom is -0.481 e. The van der Waals surface area contributed by atoms with Gasteiger partial charge in [0, 0.05) is 15.5 Å². The largest absolute Gasteiger partial charge is 0.481 e. The molecule has 1 aromatic rings. The zero-order valence-electron chi connectivity index (χ0n) is 8.80. The van der Waals surface area contributed by atoms with Crippen LogP contribution in [0.2, 0.25) is 0 Å². The molecular weight excluding hydrogens is 357 g/mol. The highest BCUT2D eigenvalue weighted by Crippen LogP contribution is 2.21. The summed E-state index contributed by atoms with van der Waals surface area (Å²) in [6.07, 6.45) is 0. The average Bonchev–Trinajstić information content (AvgIpc) is 2.25. The summed E-state index contributed by atoms with van der Waals surface area (Å²) in [5.41, 5.74) is 0. The molecule has 1 amide bonds. The first-order chi connectivity index (χ1) is 7.99. The molecule has 0 aliphatic rings. The Labute approximate surface area is 115 Å². The van der Waals surface area contributed by atoms with Crippen molar-refractivity contribution in [3.05, 3.63) is 39.6 Å². The summed E-state index contributed by atoms with van der Waals surface area (Å²) in [5, 5.41) is 2.54. The van der Waals surface area contributed by atoms with E-state index in [4.69, 9.17) is 4.74 Å². The molecule has 0 aliphatic carbocycles. The van der Waals surface area contributed by atoms with Crippen LogP contribution in [0.1, 0.15) is 0 Å². The first kappa shape index (κ1) is 14.2. The van der Waals surface area contributed by atoms with Crippen LogP contribution in [-0.2, 0) is 4.79 Å². The summed E-state index contributed by atoms with van der Waals surface area (Å²) < 4.78 is 19.6. The van der Waals surface area contributed by atoms with E-state index in [0.29, 0.717) is 15.5 Å². The van der Waals surface area contributed by atoms with Crippen molar-refractivity contribution in [1.29, 1.82) is 0 Å². The lowest BCUT2D eigenvalue weighted by molar-refractivity contribution is -0.122. The quantitative estimate of drug-likeness (QED) is 0.869. The summed E-state index contributed by atoms with van der Waals surface area (Å²) in [6, 6.07) is 4.36. The maximum absolute atomic E-state index is 13.3. The molecule has 3 nitrogen and oxygen atoms in total. The zero-order valence-corrected chi connectivity index (χ0v) is 12.0. The van der Waals surface area contributed by atoms with Crippen LogP contribution in [0.3, 0.4) is 0 Å². The van der Waals surface area contributed by atoms with Gasteiger partial charge in [0.05, 0.1) is 0 Å². The normalized spacial score (nSPS) is 9.82. The second-order valence-corrected chi connectivity index (χ2v) is 5.19. The van der Waals surface area contributed by atoms with Crippen LogP contribution in [0.4, 0.5) is 4.39 Å². The minimum absolute atomic E-state index is 0.0426. The molecule has 0 saturated carbocycles. The monoisotopic (exact) mass is 365 g/mol. The lowest BCUT2D eigenvalue weighted by Crippen LogP contribution is -2.29. The molecule has 1 rings (SSSR count). The third kappa shape index (κ3) is 5.32. The second kappa shape index (κ2) is 6.76. The summed E-state index contributed by atoms with van der Waals surface area (Å²) >= 11 is 6.23. The van der Waals surface area contributed by atoms with E-state index in [2.05, 4.69) is 43.8 Å². The molecule has 92 valence electrons. The number of ether oxygens (including phenoxy) is 1. The summed E-state index contributed by atoms with van der Waals surface area (Å²) in [5.74, 6) is -0.814. The molecule has 0 radical (unpaired) electrons. The van der Waals surface area contributed by atoms with E-state index in [1.165, 1.54) is 12.1 Å². The van der Waals surface area contributed by atoms with Gasteiger partial charge in [0.2, 0.25) is 0 Å². The van der Waals surface area contributed by atoms with Gasteiger partial charge < -0.3 is 10.1 Å². The predicted octanol–water partition coefficient (Wildman–Crippen LogP) is 2.99. The van der Waals surface area contributed by atoms with E-state index in [0.717, 1.165) is 0 Å². The maximum Gasteiger partial charge on any atom is 0.258 e. The summed E-state index contributed by atoms with van der Waals surface area (Å²) in [4.78, 5) is 11.3. The Morgan fingerprint density at radius 2 is 2.24 bits per heavy atom. The molecule has 0 saturated heterocycles. The first-order valence-electron chi connectivity index (χ1n) is 4.67. The number of carbonyl (C=O) groups excluding carboxylic acids is 1. The minimum atomic E-state index is -0.517. The smallest absolute Gasteiger partial charge is 0.258 e. The Kier molecular flexibility index (Phi) is 5.64. The van der Waals surface area contributed by atoms with E-state index in [1.54, 1.807) is 6.07 Å². The standard InChI is InChI=1S/C11H10Br2FNO2/c1-7(12)5-15-11(16)6-17-10-3-2-8(13)4-9(10)14/h2-4H,1,5-6H2,(H,15,16). The van der Waals surface area contributed by atoms with Gasteiger partial charge in [-0.25, -0.2) is 4.39 Å². The molecule has 0 aromatic heterocycles. The summed E-state index contributed by atoms with van der Waals surface area (Å²) in [6.45, 7) is 3.64. The number of rotatable bonds is 5. The lowest BCUT2D eigenvalue weighted by atomic mass is 10.3. The number of halogens is 3. The Balaban J connectivity index is 2.44. The molecule has 0 atom stereocenters. The van der Waals surface area contributed by atoms with Crippen LogP contribution >= 0.6 is 31.9 Å². The number of hydrogen-bond acceptors (Lipinski definition) is 2. The van der Waals surface area contributed by atoms with Crippen LogP contribution in [0, 0.1) is 5.82 Å². The molecule has 1 N–H and O–H groups in total. The molecule has 6 heteroatoms. The maximum atomic E-state index is 13.3. The molecule has 1 aromatic carbocycles. The van der Waals surface area contributed by atoms with Crippen molar-refractivity contribution in [1.82, 2.24) is 5.32 Å². The lowest BCUT2D eigenvalue weighted by Gasteiger charge is -2.07. The van der Waals surface area contributed by atoms with Gasteiger partial charge in [-0.2, -0.15) is 0 Å². The van der Waals surface area contributed by atoms with E-state index in [9.17, 15) is 9.18 Å². The van der Waals surface area contributed by atoms with E-state index >= 15 is 0 Å². The van der Waals surface area contributed by atoms with Crippen LogP contribution in [-0.4, -0.2) is 19.1 Å². The van der Waals surface area contributed by atoms with Gasteiger partial charge in [-0.05, 0) is 18.2 Å². The van der Waals surface area contributed by atoms with Crippen LogP contribution in [0.15, 0.2) is 33.7 Å². The third-order valence-electron chi connectivity index (χ3n) is 1.73. The Morgan fingerprint density at radius 3 is 2.82 bits per heavy atom. The van der Waals surface area contributed by atoms with Gasteiger partial charge >= 0.3 is 0 Å². The Hall–Kier alpha value is -0.880. The highest BCUT2D eigenvalue weighted by atomic mass is 79.9. The zero-order chi connectivity index (χ0) is 12.8. The number of hydrogen-bond donors (Lipinski definition) is 1. The number of amides is 1. The third-order valence-corrected chi connectivity index (χ3v) is 2.50. The highest BCUT2D eigenvalue weighted by molar-refractivity contribution is 9.11. The van der Waals surface area contributed by atoms with Crippen molar-refractivity contribution in [3.8, 4) is 5.75 Å². The molecule has 0 spiro atoms. The highest BCUT2D eigenvalue weighted by Gasteiger charge is 2.07. The Bertz CT molecular complexity index is 437. The number of benzene rings is 1. The van der Waals surface area contributed by atoms with Crippen LogP contribution in [0.5, 0.6) is 5.75 Å². The molecule has 0 heterocycles. The molecule has 0 aliphatic heterocycles. The second-order valence-electron chi connectivity index (χ2n) is 3.16. The number of nitrogens with one attached hydrogen (secondary N) is 1. The average molecular weight is 367 g/mol. The van der Waals surface area contributed by atoms with E-state index in [1.807, 2.05) is 0 Å². The van der Waals surface area contributed by atoms with E-state index < -0.39 is 5.82 Å². The molecule has 0 fully saturated rings. The SMILES string of the molecule is C=C(Br)CNC(=O)COc1ccc(Br)cc1F. The Morgan fingerprint density at radius 1 is 1.53 bits per heavy atom. The van der Waals surface area contributed by atoms with Gasteiger partial charge in [0.25, 0.3) is 5.91 Å². The predicted molar refractivity (Wildman–Crippen MR) is 70.7 cm³/mol. The van der Waals surface area contributed by atoms with Gasteiger partial charge in [0.1, 0.15) is 0 Å². The van der Waals surface area contributed by atoms with E-state index in [-0.39, 0.29) is 18.3 Å². The fraction of sp³-hybridized carbons (Fsp3) is 0.182. The van der Waals surface area contributed by atoms with Gasteiger partial charge in [-0.1, -0.05) is 38.4 Å². The van der Waals surface area contributed by atoms with Gasteiger partial charge in [0.15, 0.2) is 18.2 Å². The molecule has 0 unspecified atom stereocenters. The fourth-order valence-electron chi connectivity index (χ4n) is 0.981. The topological polar surface area (TPSA) is 38.3 Å². The summed E-state index contributed by atoms with van der Waals surface area (Å²) in [7, 11) is 0. The van der Waals surface area contributed by atoms with Crippen molar-refractivity contribution < 1.29 is 13.9 Å². The van der Waals surface area contributed by atoms with Crippen molar-refractivity contribution in [2.45, 2.75) is 0 Å². The van der Waals surface area contributed by atoms with Crippen LogP contribution in [0.25, 0.3) is 0 Å². The van der Waals surface area contributed by atoms with Crippen molar-refractivity contribution in [2.75, 3.05) is 13.2 Å².